The Morgan fingerprint density at radius 2 is 2.11 bits per heavy atom. The van der Waals surface area contributed by atoms with E-state index in [4.69, 9.17) is 0 Å². The number of aryl methyl sites for hydroxylation is 3. The average molecular weight is 294 g/mol. The van der Waals surface area contributed by atoms with Crippen molar-refractivity contribution < 1.29 is 9.90 Å². The molecule has 2 aromatic rings. The molecular weight excluding hydrogens is 280 g/mol. The maximum Gasteiger partial charge on any atom is 0.338 e. The van der Waals surface area contributed by atoms with Gasteiger partial charge in [-0.05, 0) is 32.4 Å². The highest BCUT2D eigenvalue weighted by Gasteiger charge is 2.16. The third-order valence-electron chi connectivity index (χ3n) is 2.55. The van der Waals surface area contributed by atoms with E-state index in [9.17, 15) is 9.90 Å². The summed E-state index contributed by atoms with van der Waals surface area (Å²) in [4.78, 5) is 20.0. The zero-order valence-electron chi connectivity index (χ0n) is 10.9. The molecule has 0 atom stereocenters. The summed E-state index contributed by atoms with van der Waals surface area (Å²) in [5, 5.41) is 12.8. The van der Waals surface area contributed by atoms with Crippen LogP contribution in [0.4, 0.5) is 0 Å². The Morgan fingerprint density at radius 3 is 2.68 bits per heavy atom. The van der Waals surface area contributed by atoms with E-state index in [1.165, 1.54) is 11.8 Å². The molecule has 19 heavy (non-hydrogen) atoms. The molecule has 4 nitrogen and oxygen atoms in total. The van der Waals surface area contributed by atoms with E-state index in [-0.39, 0.29) is 0 Å². The highest BCUT2D eigenvalue weighted by Crippen LogP contribution is 2.27. The van der Waals surface area contributed by atoms with Crippen LogP contribution in [0, 0.1) is 20.8 Å². The van der Waals surface area contributed by atoms with Gasteiger partial charge in [-0.3, -0.25) is 0 Å². The summed E-state index contributed by atoms with van der Waals surface area (Å²) in [7, 11) is 0. The number of carbonyl (C=O) groups is 1. The molecule has 0 bridgehead atoms. The predicted octanol–water partition coefficient (Wildman–Crippen LogP) is 3.45. The van der Waals surface area contributed by atoms with Crippen LogP contribution in [-0.2, 0) is 5.75 Å². The smallest absolute Gasteiger partial charge is 0.338 e. The summed E-state index contributed by atoms with van der Waals surface area (Å²) in [6.45, 7) is 5.63. The molecule has 1 N–H and O–H groups in total. The van der Waals surface area contributed by atoms with E-state index in [1.807, 2.05) is 19.2 Å². The topological polar surface area (TPSA) is 63.1 Å². The summed E-state index contributed by atoms with van der Waals surface area (Å²) in [5.41, 5.74) is 2.84. The minimum Gasteiger partial charge on any atom is -0.478 e. The number of hydrogen-bond donors (Lipinski definition) is 1. The second kappa shape index (κ2) is 5.71. The number of carboxylic acid groups (broad SMARTS) is 1. The first kappa shape index (κ1) is 14.0. The van der Waals surface area contributed by atoms with Crippen molar-refractivity contribution in [1.82, 2.24) is 9.97 Å². The van der Waals surface area contributed by atoms with Gasteiger partial charge >= 0.3 is 5.97 Å². The highest BCUT2D eigenvalue weighted by molar-refractivity contribution is 7.98. The molecule has 0 aliphatic carbocycles. The maximum absolute atomic E-state index is 11.3. The van der Waals surface area contributed by atoms with E-state index < -0.39 is 5.97 Å². The van der Waals surface area contributed by atoms with Gasteiger partial charge in [-0.2, -0.15) is 0 Å². The quantitative estimate of drug-likeness (QED) is 0.875. The van der Waals surface area contributed by atoms with Crippen molar-refractivity contribution in [3.05, 3.63) is 39.0 Å². The van der Waals surface area contributed by atoms with Gasteiger partial charge in [-0.15, -0.1) is 11.3 Å². The standard InChI is InChI=1S/C13H14N2O2S2/c1-7-4-8(2)14-12(11(7)13(16)17)19-6-10-5-18-9(3)15-10/h4-5H,6H2,1-3H3,(H,16,17). The zero-order chi connectivity index (χ0) is 14.0. The van der Waals surface area contributed by atoms with Crippen molar-refractivity contribution in [2.75, 3.05) is 0 Å². The molecule has 0 aliphatic heterocycles. The number of rotatable bonds is 4. The number of aromatic carboxylic acids is 1. The molecule has 0 amide bonds. The van der Waals surface area contributed by atoms with Crippen LogP contribution in [0.5, 0.6) is 0 Å². The lowest BCUT2D eigenvalue weighted by molar-refractivity contribution is 0.0691. The number of hydrogen-bond acceptors (Lipinski definition) is 5. The number of thiazole rings is 1. The Bertz CT molecular complexity index is 623. The van der Waals surface area contributed by atoms with E-state index in [0.29, 0.717) is 16.3 Å². The molecule has 0 fully saturated rings. The molecule has 2 rings (SSSR count). The van der Waals surface area contributed by atoms with Crippen LogP contribution in [0.25, 0.3) is 0 Å². The fourth-order valence-electron chi connectivity index (χ4n) is 1.78. The Balaban J connectivity index is 2.26. The first-order valence-corrected chi connectivity index (χ1v) is 7.59. The molecule has 2 aromatic heterocycles. The lowest BCUT2D eigenvalue weighted by atomic mass is 10.1. The monoisotopic (exact) mass is 294 g/mol. The molecule has 0 saturated carbocycles. The largest absolute Gasteiger partial charge is 0.478 e. The van der Waals surface area contributed by atoms with Gasteiger partial charge in [-0.25, -0.2) is 14.8 Å². The normalized spacial score (nSPS) is 10.7. The average Bonchev–Trinajstić information content (AvgIpc) is 2.71. The third kappa shape index (κ3) is 3.33. The molecule has 6 heteroatoms. The van der Waals surface area contributed by atoms with Crippen molar-refractivity contribution in [3.63, 3.8) is 0 Å². The van der Waals surface area contributed by atoms with Gasteiger partial charge in [0.15, 0.2) is 0 Å². The molecule has 100 valence electrons. The fourth-order valence-corrected chi connectivity index (χ4v) is 3.54. The van der Waals surface area contributed by atoms with Crippen LogP contribution >= 0.6 is 23.1 Å². The van der Waals surface area contributed by atoms with Crippen LogP contribution < -0.4 is 0 Å². The fraction of sp³-hybridized carbons (Fsp3) is 0.308. The van der Waals surface area contributed by atoms with Crippen LogP contribution in [-0.4, -0.2) is 21.0 Å². The first-order valence-electron chi connectivity index (χ1n) is 5.72. The summed E-state index contributed by atoms with van der Waals surface area (Å²) in [6, 6.07) is 1.79. The molecule has 0 spiro atoms. The molecule has 0 aliphatic rings. The number of carboxylic acids is 1. The molecular formula is C13H14N2O2S2. The van der Waals surface area contributed by atoms with E-state index in [1.54, 1.807) is 24.3 Å². The van der Waals surface area contributed by atoms with Crippen molar-refractivity contribution >= 4 is 29.1 Å². The Kier molecular flexibility index (Phi) is 4.21. The van der Waals surface area contributed by atoms with Gasteiger partial charge in [-0.1, -0.05) is 11.8 Å². The van der Waals surface area contributed by atoms with Crippen molar-refractivity contribution in [2.45, 2.75) is 31.6 Å². The lowest BCUT2D eigenvalue weighted by Gasteiger charge is -2.08. The van der Waals surface area contributed by atoms with Crippen LogP contribution in [0.2, 0.25) is 0 Å². The van der Waals surface area contributed by atoms with Gasteiger partial charge in [0.1, 0.15) is 5.03 Å². The number of pyridine rings is 1. The molecule has 2 heterocycles. The second-order valence-corrected chi connectivity index (χ2v) is 6.24. The molecule has 0 radical (unpaired) electrons. The van der Waals surface area contributed by atoms with Crippen molar-refractivity contribution in [2.24, 2.45) is 0 Å². The molecule has 0 unspecified atom stereocenters. The Hall–Kier alpha value is -1.40. The third-order valence-corrected chi connectivity index (χ3v) is 4.38. The van der Waals surface area contributed by atoms with Crippen LogP contribution in [0.3, 0.4) is 0 Å². The second-order valence-electron chi connectivity index (χ2n) is 4.21. The minimum absolute atomic E-state index is 0.294. The van der Waals surface area contributed by atoms with Gasteiger partial charge in [0.05, 0.1) is 16.3 Å². The Morgan fingerprint density at radius 1 is 1.37 bits per heavy atom. The predicted molar refractivity (Wildman–Crippen MR) is 77.1 cm³/mol. The molecule has 0 aromatic carbocycles. The number of nitrogens with zero attached hydrogens (tertiary/aromatic N) is 2. The maximum atomic E-state index is 11.3. The highest BCUT2D eigenvalue weighted by atomic mass is 32.2. The lowest BCUT2D eigenvalue weighted by Crippen LogP contribution is -2.05. The van der Waals surface area contributed by atoms with Crippen molar-refractivity contribution in [3.8, 4) is 0 Å². The van der Waals surface area contributed by atoms with E-state index in [2.05, 4.69) is 9.97 Å². The first-order chi connectivity index (χ1) is 8.97. The number of aromatic nitrogens is 2. The van der Waals surface area contributed by atoms with Crippen molar-refractivity contribution in [1.29, 1.82) is 0 Å². The molecule has 0 saturated heterocycles. The van der Waals surface area contributed by atoms with Gasteiger partial charge in [0.2, 0.25) is 0 Å². The van der Waals surface area contributed by atoms with E-state index in [0.717, 1.165) is 22.0 Å². The minimum atomic E-state index is -0.929. The summed E-state index contributed by atoms with van der Waals surface area (Å²) in [5.74, 6) is -0.289. The Labute approximate surface area is 119 Å². The van der Waals surface area contributed by atoms with Gasteiger partial charge in [0, 0.05) is 16.8 Å². The van der Waals surface area contributed by atoms with Crippen LogP contribution in [0.15, 0.2) is 16.5 Å². The zero-order valence-corrected chi connectivity index (χ0v) is 12.6. The van der Waals surface area contributed by atoms with Gasteiger partial charge < -0.3 is 5.11 Å². The van der Waals surface area contributed by atoms with Gasteiger partial charge in [0.25, 0.3) is 0 Å². The van der Waals surface area contributed by atoms with E-state index >= 15 is 0 Å². The summed E-state index contributed by atoms with van der Waals surface area (Å²) >= 11 is 3.02. The summed E-state index contributed by atoms with van der Waals surface area (Å²) in [6.07, 6.45) is 0. The van der Waals surface area contributed by atoms with Crippen LogP contribution in [0.1, 0.15) is 32.3 Å². The SMILES string of the molecule is Cc1cc(C)c(C(=O)O)c(SCc2csc(C)n2)n1. The number of thioether (sulfide) groups is 1. The summed E-state index contributed by atoms with van der Waals surface area (Å²) < 4.78 is 0.